The molecule has 0 aliphatic carbocycles. The highest BCUT2D eigenvalue weighted by Crippen LogP contribution is 2.20. The minimum atomic E-state index is -0.219. The van der Waals surface area contributed by atoms with Gasteiger partial charge in [-0.1, -0.05) is 0 Å². The lowest BCUT2D eigenvalue weighted by Gasteiger charge is -2.33. The average molecular weight is 369 g/mol. The molecular formula is C19H23N5O3. The Hall–Kier alpha value is -2.74. The Labute approximate surface area is 157 Å². The second-order valence-electron chi connectivity index (χ2n) is 7.07. The van der Waals surface area contributed by atoms with E-state index in [2.05, 4.69) is 15.2 Å². The molecule has 2 aromatic rings. The second-order valence-corrected chi connectivity index (χ2v) is 7.07. The van der Waals surface area contributed by atoms with Gasteiger partial charge in [-0.2, -0.15) is 0 Å². The van der Waals surface area contributed by atoms with Gasteiger partial charge in [0.05, 0.1) is 18.9 Å². The number of aryl methyl sites for hydroxylation is 1. The van der Waals surface area contributed by atoms with Crippen molar-refractivity contribution in [2.45, 2.75) is 31.9 Å². The van der Waals surface area contributed by atoms with E-state index in [1.54, 1.807) is 19.3 Å². The predicted molar refractivity (Wildman–Crippen MR) is 99.8 cm³/mol. The summed E-state index contributed by atoms with van der Waals surface area (Å²) in [4.78, 5) is 35.5. The van der Waals surface area contributed by atoms with E-state index in [1.165, 1.54) is 10.6 Å². The van der Waals surface area contributed by atoms with Gasteiger partial charge in [-0.25, -0.2) is 9.97 Å². The first kappa shape index (κ1) is 17.7. The van der Waals surface area contributed by atoms with E-state index in [0.717, 1.165) is 37.1 Å². The smallest absolute Gasteiger partial charge is 0.251 e. The van der Waals surface area contributed by atoms with Crippen LogP contribution < -0.4 is 15.8 Å². The van der Waals surface area contributed by atoms with Crippen LogP contribution in [0.2, 0.25) is 0 Å². The molecule has 2 aliphatic heterocycles. The Morgan fingerprint density at radius 3 is 3.15 bits per heavy atom. The minimum Gasteiger partial charge on any atom is -0.376 e. The Balaban J connectivity index is 1.44. The molecule has 0 radical (unpaired) electrons. The number of nitrogens with zero attached hydrogens (tertiary/aromatic N) is 4. The number of amides is 1. The van der Waals surface area contributed by atoms with Gasteiger partial charge in [-0.3, -0.25) is 9.59 Å². The molecule has 1 N–H and O–H groups in total. The summed E-state index contributed by atoms with van der Waals surface area (Å²) in [7, 11) is 1.66. The molecule has 142 valence electrons. The predicted octanol–water partition coefficient (Wildman–Crippen LogP) is 0.647. The highest BCUT2D eigenvalue weighted by atomic mass is 16.5. The quantitative estimate of drug-likeness (QED) is 0.854. The summed E-state index contributed by atoms with van der Waals surface area (Å²) in [6.45, 7) is 2.79. The molecule has 1 atom stereocenters. The monoisotopic (exact) mass is 369 g/mol. The number of piperidine rings is 1. The van der Waals surface area contributed by atoms with E-state index in [0.29, 0.717) is 31.3 Å². The number of hydrogen-bond donors (Lipinski definition) is 1. The van der Waals surface area contributed by atoms with Crippen LogP contribution in [0.4, 0.5) is 5.95 Å². The molecule has 27 heavy (non-hydrogen) atoms. The van der Waals surface area contributed by atoms with E-state index in [4.69, 9.17) is 9.72 Å². The van der Waals surface area contributed by atoms with Crippen LogP contribution in [0.5, 0.6) is 0 Å². The molecule has 1 fully saturated rings. The zero-order valence-electron chi connectivity index (χ0n) is 15.4. The molecule has 1 saturated heterocycles. The number of pyridine rings is 1. The number of rotatable bonds is 3. The first-order valence-corrected chi connectivity index (χ1v) is 9.25. The van der Waals surface area contributed by atoms with E-state index in [-0.39, 0.29) is 17.5 Å². The first-order valence-electron chi connectivity index (χ1n) is 9.25. The average Bonchev–Trinajstić information content (AvgIpc) is 2.70. The van der Waals surface area contributed by atoms with Crippen molar-refractivity contribution in [1.29, 1.82) is 0 Å². The third-order valence-electron chi connectivity index (χ3n) is 5.09. The van der Waals surface area contributed by atoms with Crippen molar-refractivity contribution in [3.8, 4) is 0 Å². The lowest BCUT2D eigenvalue weighted by molar-refractivity contribution is 0.0932. The number of carbonyl (C=O) groups excluding carboxylic acids is 1. The van der Waals surface area contributed by atoms with Crippen LogP contribution in [0.3, 0.4) is 0 Å². The zero-order valence-corrected chi connectivity index (χ0v) is 15.4. The summed E-state index contributed by atoms with van der Waals surface area (Å²) < 4.78 is 6.88. The summed E-state index contributed by atoms with van der Waals surface area (Å²) in [6, 6.07) is 3.02. The third kappa shape index (κ3) is 3.85. The fraction of sp³-hybridized carbons (Fsp3) is 0.474. The van der Waals surface area contributed by atoms with E-state index in [1.807, 2.05) is 6.20 Å². The fourth-order valence-corrected chi connectivity index (χ4v) is 3.51. The van der Waals surface area contributed by atoms with Crippen LogP contribution in [-0.2, 0) is 24.8 Å². The van der Waals surface area contributed by atoms with Gasteiger partial charge in [-0.05, 0) is 18.9 Å². The number of aromatic nitrogens is 3. The van der Waals surface area contributed by atoms with Crippen molar-refractivity contribution < 1.29 is 9.53 Å². The number of nitrogens with one attached hydrogen (secondary N) is 1. The van der Waals surface area contributed by atoms with Gasteiger partial charge in [0.25, 0.3) is 11.5 Å². The number of carbonyl (C=O) groups is 1. The van der Waals surface area contributed by atoms with Crippen molar-refractivity contribution in [3.63, 3.8) is 0 Å². The number of hydrogen-bond acceptors (Lipinski definition) is 6. The molecule has 4 heterocycles. The maximum absolute atomic E-state index is 12.5. The number of fused-ring (bicyclic) bond motifs is 1. The largest absolute Gasteiger partial charge is 0.376 e. The van der Waals surface area contributed by atoms with Crippen molar-refractivity contribution in [1.82, 2.24) is 19.9 Å². The van der Waals surface area contributed by atoms with Gasteiger partial charge < -0.3 is 19.5 Å². The lowest BCUT2D eigenvalue weighted by atomic mass is 10.1. The summed E-state index contributed by atoms with van der Waals surface area (Å²) in [6.07, 6.45) is 6.10. The molecule has 0 aromatic carbocycles. The summed E-state index contributed by atoms with van der Waals surface area (Å²) in [5.74, 6) is 0.492. The number of anilines is 1. The van der Waals surface area contributed by atoms with Crippen LogP contribution in [0.25, 0.3) is 0 Å². The highest BCUT2D eigenvalue weighted by molar-refractivity contribution is 5.94. The SMILES string of the molecule is Cn1ccc(C(=O)N[C@@H]2CCCN(c3ncc4c(n3)CCOC4)C2)cc1=O. The maximum Gasteiger partial charge on any atom is 0.251 e. The van der Waals surface area contributed by atoms with Gasteiger partial charge in [0, 0.05) is 62.2 Å². The normalized spacial score (nSPS) is 19.4. The lowest BCUT2D eigenvalue weighted by Crippen LogP contribution is -2.48. The number of ether oxygens (including phenoxy) is 1. The zero-order chi connectivity index (χ0) is 18.8. The van der Waals surface area contributed by atoms with Gasteiger partial charge in [0.2, 0.25) is 5.95 Å². The van der Waals surface area contributed by atoms with Gasteiger partial charge in [0.1, 0.15) is 0 Å². The van der Waals surface area contributed by atoms with Crippen molar-refractivity contribution in [2.75, 3.05) is 24.6 Å². The first-order chi connectivity index (χ1) is 13.1. The molecule has 0 spiro atoms. The second kappa shape index (κ2) is 7.48. The summed E-state index contributed by atoms with van der Waals surface area (Å²) in [5, 5.41) is 3.04. The molecule has 0 unspecified atom stereocenters. The molecule has 8 nitrogen and oxygen atoms in total. The maximum atomic E-state index is 12.5. The molecule has 1 amide bonds. The third-order valence-corrected chi connectivity index (χ3v) is 5.09. The van der Waals surface area contributed by atoms with Gasteiger partial charge in [0.15, 0.2) is 0 Å². The van der Waals surface area contributed by atoms with Crippen molar-refractivity contribution in [3.05, 3.63) is 51.7 Å². The Morgan fingerprint density at radius 1 is 1.41 bits per heavy atom. The van der Waals surface area contributed by atoms with Crippen molar-refractivity contribution in [2.24, 2.45) is 7.05 Å². The van der Waals surface area contributed by atoms with Crippen LogP contribution in [-0.4, -0.2) is 46.2 Å². The molecule has 2 aliphatic rings. The van der Waals surface area contributed by atoms with Crippen LogP contribution >= 0.6 is 0 Å². The standard InChI is InChI=1S/C19H23N5O3/c1-23-7-4-13(9-17(23)25)18(26)21-15-3-2-6-24(11-15)19-20-10-14-12-27-8-5-16(14)22-19/h4,7,9-10,15H,2-3,5-6,8,11-12H2,1H3,(H,21,26)/t15-/m1/s1. The highest BCUT2D eigenvalue weighted by Gasteiger charge is 2.24. The summed E-state index contributed by atoms with van der Waals surface area (Å²) in [5.41, 5.74) is 2.30. The summed E-state index contributed by atoms with van der Waals surface area (Å²) >= 11 is 0. The molecular weight excluding hydrogens is 346 g/mol. The van der Waals surface area contributed by atoms with Crippen LogP contribution in [0.15, 0.2) is 29.3 Å². The molecule has 2 aromatic heterocycles. The molecule has 0 bridgehead atoms. The Kier molecular flexibility index (Phi) is 4.89. The fourth-order valence-electron chi connectivity index (χ4n) is 3.51. The van der Waals surface area contributed by atoms with Gasteiger partial charge >= 0.3 is 0 Å². The van der Waals surface area contributed by atoms with Crippen LogP contribution in [0, 0.1) is 0 Å². The topological polar surface area (TPSA) is 89.3 Å². The molecule has 8 heteroatoms. The molecule has 0 saturated carbocycles. The molecule has 4 rings (SSSR count). The van der Waals surface area contributed by atoms with Crippen molar-refractivity contribution >= 4 is 11.9 Å². The van der Waals surface area contributed by atoms with Gasteiger partial charge in [-0.15, -0.1) is 0 Å². The van der Waals surface area contributed by atoms with E-state index >= 15 is 0 Å². The van der Waals surface area contributed by atoms with E-state index < -0.39 is 0 Å². The van der Waals surface area contributed by atoms with E-state index in [9.17, 15) is 9.59 Å². The Morgan fingerprint density at radius 2 is 2.30 bits per heavy atom. The minimum absolute atomic E-state index is 0.00160. The van der Waals surface area contributed by atoms with Crippen LogP contribution in [0.1, 0.15) is 34.5 Å². The Bertz CT molecular complexity index is 910.